The van der Waals surface area contributed by atoms with Crippen LogP contribution in [0, 0.1) is 17.2 Å². The Bertz CT molecular complexity index is 340. The van der Waals surface area contributed by atoms with Gasteiger partial charge in [-0.25, -0.2) is 4.98 Å². The molecule has 0 atom stereocenters. The predicted octanol–water partition coefficient (Wildman–Crippen LogP) is 2.73. The van der Waals surface area contributed by atoms with E-state index in [-0.39, 0.29) is 0 Å². The smallest absolute Gasteiger partial charge is 0.212 e. The summed E-state index contributed by atoms with van der Waals surface area (Å²) in [5, 5.41) is 8.86. The fraction of sp³-hybridized carbons (Fsp3) is 0.667. The zero-order chi connectivity index (χ0) is 10.5. The van der Waals surface area contributed by atoms with Crippen LogP contribution in [0.25, 0.3) is 0 Å². The summed E-state index contributed by atoms with van der Waals surface area (Å²) in [6, 6.07) is 2.13. The van der Waals surface area contributed by atoms with Crippen LogP contribution in [0.2, 0.25) is 0 Å². The van der Waals surface area contributed by atoms with Crippen molar-refractivity contribution in [1.29, 1.82) is 5.26 Å². The van der Waals surface area contributed by atoms with Gasteiger partial charge in [-0.1, -0.05) is 25.7 Å². The van der Waals surface area contributed by atoms with Crippen molar-refractivity contribution in [3.8, 4) is 6.07 Å². The maximum Gasteiger partial charge on any atom is 0.212 e. The molecule has 0 amide bonds. The fourth-order valence-electron chi connectivity index (χ4n) is 2.39. The van der Waals surface area contributed by atoms with Crippen LogP contribution in [-0.2, 0) is 6.54 Å². The Hall–Kier alpha value is -1.30. The first-order valence-corrected chi connectivity index (χ1v) is 5.81. The van der Waals surface area contributed by atoms with Gasteiger partial charge in [0.05, 0.1) is 0 Å². The molecule has 0 aliphatic heterocycles. The van der Waals surface area contributed by atoms with Gasteiger partial charge in [-0.05, 0) is 18.8 Å². The molecule has 3 nitrogen and oxygen atoms in total. The first-order valence-electron chi connectivity index (χ1n) is 5.81. The molecule has 1 saturated carbocycles. The Labute approximate surface area is 90.7 Å². The monoisotopic (exact) mass is 203 g/mol. The average molecular weight is 203 g/mol. The standard InChI is InChI=1S/C12H17N3/c13-9-12-14-7-8-15(12)10-11-5-3-1-2-4-6-11/h7-8,11H,1-6,10H2. The molecule has 0 aromatic carbocycles. The van der Waals surface area contributed by atoms with Gasteiger partial charge in [-0.3, -0.25) is 0 Å². The molecular formula is C12H17N3. The third-order valence-electron chi connectivity index (χ3n) is 3.25. The van der Waals surface area contributed by atoms with Gasteiger partial charge in [0.25, 0.3) is 0 Å². The summed E-state index contributed by atoms with van der Waals surface area (Å²) in [6.45, 7) is 0.975. The van der Waals surface area contributed by atoms with E-state index < -0.39 is 0 Å². The van der Waals surface area contributed by atoms with Gasteiger partial charge >= 0.3 is 0 Å². The van der Waals surface area contributed by atoms with Crippen LogP contribution in [0.1, 0.15) is 44.3 Å². The molecule has 80 valence electrons. The van der Waals surface area contributed by atoms with Crippen molar-refractivity contribution >= 4 is 0 Å². The molecule has 0 spiro atoms. The summed E-state index contributed by atoms with van der Waals surface area (Å²) in [6.07, 6.45) is 11.7. The van der Waals surface area contributed by atoms with Crippen LogP contribution in [0.4, 0.5) is 0 Å². The minimum Gasteiger partial charge on any atom is -0.322 e. The maximum atomic E-state index is 8.86. The Morgan fingerprint density at radius 3 is 2.73 bits per heavy atom. The second-order valence-electron chi connectivity index (χ2n) is 4.37. The lowest BCUT2D eigenvalue weighted by atomic mass is 10.0. The molecule has 0 radical (unpaired) electrons. The summed E-state index contributed by atoms with van der Waals surface area (Å²) in [7, 11) is 0. The van der Waals surface area contributed by atoms with Crippen molar-refractivity contribution < 1.29 is 0 Å². The quantitative estimate of drug-likeness (QED) is 0.693. The van der Waals surface area contributed by atoms with Crippen molar-refractivity contribution in [2.24, 2.45) is 5.92 Å². The highest BCUT2D eigenvalue weighted by Crippen LogP contribution is 2.24. The number of nitrogens with zero attached hydrogens (tertiary/aromatic N) is 3. The summed E-state index contributed by atoms with van der Waals surface area (Å²) in [5.41, 5.74) is 0. The van der Waals surface area contributed by atoms with E-state index in [1.165, 1.54) is 38.5 Å². The molecular weight excluding hydrogens is 186 g/mol. The maximum absolute atomic E-state index is 8.86. The van der Waals surface area contributed by atoms with E-state index in [0.717, 1.165) is 12.5 Å². The van der Waals surface area contributed by atoms with Crippen LogP contribution in [-0.4, -0.2) is 9.55 Å². The van der Waals surface area contributed by atoms with E-state index in [1.807, 2.05) is 10.8 Å². The zero-order valence-electron chi connectivity index (χ0n) is 9.02. The van der Waals surface area contributed by atoms with Crippen molar-refractivity contribution in [2.45, 2.75) is 45.1 Å². The van der Waals surface area contributed by atoms with E-state index in [1.54, 1.807) is 6.20 Å². The number of nitriles is 1. The van der Waals surface area contributed by atoms with E-state index in [9.17, 15) is 0 Å². The van der Waals surface area contributed by atoms with E-state index in [2.05, 4.69) is 11.1 Å². The zero-order valence-corrected chi connectivity index (χ0v) is 9.02. The minimum atomic E-state index is 0.555. The predicted molar refractivity (Wildman–Crippen MR) is 58.1 cm³/mol. The Balaban J connectivity index is 1.98. The summed E-state index contributed by atoms with van der Waals surface area (Å²) in [4.78, 5) is 4.03. The van der Waals surface area contributed by atoms with Crippen molar-refractivity contribution in [3.05, 3.63) is 18.2 Å². The number of hydrogen-bond acceptors (Lipinski definition) is 2. The van der Waals surface area contributed by atoms with Gasteiger partial charge in [0, 0.05) is 18.9 Å². The van der Waals surface area contributed by atoms with Gasteiger partial charge in [0.2, 0.25) is 5.82 Å². The highest BCUT2D eigenvalue weighted by atomic mass is 15.1. The minimum absolute atomic E-state index is 0.555. The van der Waals surface area contributed by atoms with Crippen LogP contribution < -0.4 is 0 Å². The van der Waals surface area contributed by atoms with Crippen LogP contribution in [0.3, 0.4) is 0 Å². The molecule has 0 N–H and O–H groups in total. The lowest BCUT2D eigenvalue weighted by Gasteiger charge is -2.14. The van der Waals surface area contributed by atoms with E-state index >= 15 is 0 Å². The third-order valence-corrected chi connectivity index (χ3v) is 3.25. The Morgan fingerprint density at radius 2 is 2.07 bits per heavy atom. The Kier molecular flexibility index (Phi) is 3.39. The van der Waals surface area contributed by atoms with Crippen molar-refractivity contribution in [3.63, 3.8) is 0 Å². The highest BCUT2D eigenvalue weighted by molar-refractivity contribution is 5.11. The highest BCUT2D eigenvalue weighted by Gasteiger charge is 2.14. The average Bonchev–Trinajstić information content (AvgIpc) is 2.53. The summed E-state index contributed by atoms with van der Waals surface area (Å²) >= 11 is 0. The largest absolute Gasteiger partial charge is 0.322 e. The molecule has 1 aromatic rings. The molecule has 1 aliphatic carbocycles. The van der Waals surface area contributed by atoms with Crippen LogP contribution in [0.15, 0.2) is 12.4 Å². The number of rotatable bonds is 2. The van der Waals surface area contributed by atoms with Crippen LogP contribution >= 0.6 is 0 Å². The molecule has 3 heteroatoms. The molecule has 0 unspecified atom stereocenters. The number of hydrogen-bond donors (Lipinski definition) is 0. The number of aromatic nitrogens is 2. The Morgan fingerprint density at radius 1 is 1.33 bits per heavy atom. The molecule has 0 saturated heterocycles. The normalized spacial score (nSPS) is 18.3. The SMILES string of the molecule is N#Cc1nccn1CC1CCCCCC1. The second kappa shape index (κ2) is 4.97. The molecule has 1 aliphatic rings. The summed E-state index contributed by atoms with van der Waals surface area (Å²) < 4.78 is 2.00. The van der Waals surface area contributed by atoms with E-state index in [0.29, 0.717) is 5.82 Å². The molecule has 1 aromatic heterocycles. The van der Waals surface area contributed by atoms with Crippen molar-refractivity contribution in [2.75, 3.05) is 0 Å². The van der Waals surface area contributed by atoms with E-state index in [4.69, 9.17) is 5.26 Å². The topological polar surface area (TPSA) is 41.6 Å². The van der Waals surface area contributed by atoms with Gasteiger partial charge in [-0.2, -0.15) is 5.26 Å². The van der Waals surface area contributed by atoms with Gasteiger partial charge in [0.1, 0.15) is 6.07 Å². The molecule has 15 heavy (non-hydrogen) atoms. The van der Waals surface area contributed by atoms with Crippen LogP contribution in [0.5, 0.6) is 0 Å². The second-order valence-corrected chi connectivity index (χ2v) is 4.37. The number of imidazole rings is 1. The van der Waals surface area contributed by atoms with Crippen molar-refractivity contribution in [1.82, 2.24) is 9.55 Å². The third kappa shape index (κ3) is 2.59. The summed E-state index contributed by atoms with van der Waals surface area (Å²) in [5.74, 6) is 1.30. The molecule has 0 bridgehead atoms. The lowest BCUT2D eigenvalue weighted by Crippen LogP contribution is -2.11. The van der Waals surface area contributed by atoms with Gasteiger partial charge < -0.3 is 4.57 Å². The first kappa shape index (κ1) is 10.2. The van der Waals surface area contributed by atoms with Gasteiger partial charge in [-0.15, -0.1) is 0 Å². The fourth-order valence-corrected chi connectivity index (χ4v) is 2.39. The lowest BCUT2D eigenvalue weighted by molar-refractivity contribution is 0.393. The van der Waals surface area contributed by atoms with Gasteiger partial charge in [0.15, 0.2) is 0 Å². The molecule has 1 fully saturated rings. The molecule has 1 heterocycles. The first-order chi connectivity index (χ1) is 7.40. The molecule has 2 rings (SSSR count).